The normalized spacial score (nSPS) is 12.3. The van der Waals surface area contributed by atoms with Gasteiger partial charge in [-0.25, -0.2) is 13.9 Å². The lowest BCUT2D eigenvalue weighted by Crippen LogP contribution is -2.47. The van der Waals surface area contributed by atoms with Crippen LogP contribution in [0.5, 0.6) is 11.5 Å². The van der Waals surface area contributed by atoms with Crippen molar-refractivity contribution in [2.75, 3.05) is 5.75 Å². The molecule has 2 aromatic carbocycles. The smallest absolute Gasteiger partial charge is 0.273 e. The maximum absolute atomic E-state index is 13.1. The number of carbonyl (C=O) groups is 1. The average Bonchev–Trinajstić information content (AvgIpc) is 2.80. The first kappa shape index (κ1) is 27.3. The summed E-state index contributed by atoms with van der Waals surface area (Å²) in [7, 11) is -3.78. The fourth-order valence-corrected chi connectivity index (χ4v) is 5.21. The number of nitrogens with one attached hydrogen (secondary N) is 1. The zero-order valence-corrected chi connectivity index (χ0v) is 20.4. The van der Waals surface area contributed by atoms with Crippen molar-refractivity contribution in [1.29, 1.82) is 0 Å². The summed E-state index contributed by atoms with van der Waals surface area (Å²) in [6.45, 7) is 3.25. The molecule has 1 aromatic heterocycles. The summed E-state index contributed by atoms with van der Waals surface area (Å²) >= 11 is 0. The number of rotatable bonds is 10. The summed E-state index contributed by atoms with van der Waals surface area (Å²) in [6, 6.07) is 18.7. The maximum atomic E-state index is 13.1. The fourth-order valence-electron chi connectivity index (χ4n) is 3.36. The Morgan fingerprint density at radius 2 is 1.59 bits per heavy atom. The van der Waals surface area contributed by atoms with Crippen molar-refractivity contribution in [3.8, 4) is 11.5 Å². The van der Waals surface area contributed by atoms with E-state index in [1.807, 2.05) is 18.2 Å². The molecule has 0 saturated carbocycles. The summed E-state index contributed by atoms with van der Waals surface area (Å²) in [6.07, 6.45) is 1.95. The third-order valence-electron chi connectivity index (χ3n) is 4.95. The number of halogens is 1. The summed E-state index contributed by atoms with van der Waals surface area (Å²) in [5.41, 5.74) is 1.18. The Kier molecular flexibility index (Phi) is 9.57. The van der Waals surface area contributed by atoms with Gasteiger partial charge in [0.15, 0.2) is 9.84 Å². The number of hydrogen-bond donors (Lipinski definition) is 2. The van der Waals surface area contributed by atoms with Gasteiger partial charge in [0.2, 0.25) is 0 Å². The topological polar surface area (TPSA) is 115 Å². The first-order valence-electron chi connectivity index (χ1n) is 10.2. The summed E-state index contributed by atoms with van der Waals surface area (Å²) in [4.78, 5) is 16.3. The van der Waals surface area contributed by atoms with Crippen LogP contribution >= 0.6 is 12.4 Å². The zero-order chi connectivity index (χ0) is 23.9. The highest BCUT2D eigenvalue weighted by Gasteiger charge is 2.40. The van der Waals surface area contributed by atoms with Gasteiger partial charge in [-0.15, -0.1) is 12.4 Å². The molecule has 0 saturated heterocycles. The second kappa shape index (κ2) is 11.9. The van der Waals surface area contributed by atoms with E-state index in [4.69, 9.17) is 9.47 Å². The summed E-state index contributed by atoms with van der Waals surface area (Å²) in [5.74, 6) is -0.0696. The minimum absolute atomic E-state index is 0. The molecule has 0 fully saturated rings. The van der Waals surface area contributed by atoms with Gasteiger partial charge >= 0.3 is 0 Å². The molecular weight excluding hydrogens is 480 g/mol. The van der Waals surface area contributed by atoms with Gasteiger partial charge in [0.05, 0.1) is 17.3 Å². The standard InChI is InChI=1S/C24H26N2O6S.ClH/c1-24(2,22(23(27)26-28)31-16-18-12-14-25-15-13-18)17-33(29,30)21-10-8-20(9-11-21)32-19-6-4-3-5-7-19;/h3-15,22,28H,16-17H2,1-2H3,(H,26,27);1H/t22-;/m1./s1. The van der Waals surface area contributed by atoms with Crippen LogP contribution in [0.15, 0.2) is 84.0 Å². The minimum atomic E-state index is -3.78. The second-order valence-electron chi connectivity index (χ2n) is 8.16. The van der Waals surface area contributed by atoms with Gasteiger partial charge in [-0.2, -0.15) is 0 Å². The van der Waals surface area contributed by atoms with E-state index in [0.29, 0.717) is 11.5 Å². The number of benzene rings is 2. The Balaban J connectivity index is 0.00000408. The van der Waals surface area contributed by atoms with Gasteiger partial charge in [-0.05, 0) is 54.1 Å². The van der Waals surface area contributed by atoms with Gasteiger partial charge in [0.1, 0.15) is 17.6 Å². The Labute approximate surface area is 205 Å². The number of ether oxygens (including phenoxy) is 2. The Morgan fingerprint density at radius 3 is 2.18 bits per heavy atom. The molecule has 0 unspecified atom stereocenters. The molecule has 0 aliphatic rings. The number of aromatic nitrogens is 1. The number of carbonyl (C=O) groups excluding carboxylic acids is 1. The van der Waals surface area contributed by atoms with E-state index in [-0.39, 0.29) is 29.7 Å². The van der Waals surface area contributed by atoms with E-state index >= 15 is 0 Å². The van der Waals surface area contributed by atoms with Crippen molar-refractivity contribution in [2.24, 2.45) is 5.41 Å². The van der Waals surface area contributed by atoms with Gasteiger partial charge in [0, 0.05) is 17.8 Å². The van der Waals surface area contributed by atoms with Gasteiger partial charge in [0.25, 0.3) is 5.91 Å². The number of hydrogen-bond acceptors (Lipinski definition) is 7. The predicted molar refractivity (Wildman–Crippen MR) is 129 cm³/mol. The minimum Gasteiger partial charge on any atom is -0.457 e. The number of sulfone groups is 1. The molecule has 0 spiro atoms. The van der Waals surface area contributed by atoms with Gasteiger partial charge < -0.3 is 9.47 Å². The molecule has 0 bridgehead atoms. The molecule has 3 rings (SSSR count). The molecule has 10 heteroatoms. The third-order valence-corrected chi connectivity index (χ3v) is 7.06. The van der Waals surface area contributed by atoms with Crippen molar-refractivity contribution in [1.82, 2.24) is 10.5 Å². The summed E-state index contributed by atoms with van der Waals surface area (Å²) < 4.78 is 37.7. The number of amides is 1. The first-order chi connectivity index (χ1) is 15.7. The van der Waals surface area contributed by atoms with Crippen molar-refractivity contribution >= 4 is 28.2 Å². The molecule has 0 aliphatic carbocycles. The molecule has 1 heterocycles. The van der Waals surface area contributed by atoms with E-state index < -0.39 is 27.3 Å². The highest BCUT2D eigenvalue weighted by molar-refractivity contribution is 7.91. The zero-order valence-electron chi connectivity index (χ0n) is 18.7. The number of hydroxylamine groups is 1. The SMILES string of the molecule is CC(C)(CS(=O)(=O)c1ccc(Oc2ccccc2)cc1)[C@H](OCc1ccncc1)C(=O)NO.Cl. The number of nitrogens with zero attached hydrogens (tertiary/aromatic N) is 1. The van der Waals surface area contributed by atoms with E-state index in [9.17, 15) is 18.4 Å². The van der Waals surface area contributed by atoms with Crippen LogP contribution in [0.4, 0.5) is 0 Å². The van der Waals surface area contributed by atoms with Crippen LogP contribution in [0.3, 0.4) is 0 Å². The van der Waals surface area contributed by atoms with Crippen molar-refractivity contribution in [3.05, 3.63) is 84.7 Å². The van der Waals surface area contributed by atoms with Crippen LogP contribution in [0.1, 0.15) is 19.4 Å². The van der Waals surface area contributed by atoms with Crippen LogP contribution in [0.2, 0.25) is 0 Å². The number of pyridine rings is 1. The third kappa shape index (κ3) is 7.26. The molecular formula is C24H27ClN2O6S. The Hall–Kier alpha value is -2.98. The molecule has 3 aromatic rings. The molecule has 1 amide bonds. The van der Waals surface area contributed by atoms with Crippen molar-refractivity contribution in [3.63, 3.8) is 0 Å². The molecule has 2 N–H and O–H groups in total. The molecule has 182 valence electrons. The van der Waals surface area contributed by atoms with E-state index in [1.54, 1.807) is 68.1 Å². The quantitative estimate of drug-likeness (QED) is 0.313. The molecule has 1 atom stereocenters. The monoisotopic (exact) mass is 506 g/mol. The molecule has 0 radical (unpaired) electrons. The lowest BCUT2D eigenvalue weighted by atomic mass is 9.88. The van der Waals surface area contributed by atoms with E-state index in [1.165, 1.54) is 12.1 Å². The molecule has 8 nitrogen and oxygen atoms in total. The first-order valence-corrected chi connectivity index (χ1v) is 11.9. The fraction of sp³-hybridized carbons (Fsp3) is 0.250. The van der Waals surface area contributed by atoms with Crippen LogP contribution in [0.25, 0.3) is 0 Å². The van der Waals surface area contributed by atoms with Crippen LogP contribution in [-0.2, 0) is 26.0 Å². The highest BCUT2D eigenvalue weighted by atomic mass is 35.5. The van der Waals surface area contributed by atoms with Crippen molar-refractivity contribution in [2.45, 2.75) is 31.5 Å². The molecule has 34 heavy (non-hydrogen) atoms. The predicted octanol–water partition coefficient (Wildman–Crippen LogP) is 4.19. The van der Waals surface area contributed by atoms with Crippen LogP contribution < -0.4 is 10.2 Å². The van der Waals surface area contributed by atoms with E-state index in [0.717, 1.165) is 5.56 Å². The van der Waals surface area contributed by atoms with Crippen molar-refractivity contribution < 1.29 is 27.9 Å². The maximum Gasteiger partial charge on any atom is 0.273 e. The largest absolute Gasteiger partial charge is 0.457 e. The highest BCUT2D eigenvalue weighted by Crippen LogP contribution is 2.30. The van der Waals surface area contributed by atoms with Gasteiger partial charge in [-0.3, -0.25) is 15.0 Å². The van der Waals surface area contributed by atoms with Gasteiger partial charge in [-0.1, -0.05) is 32.0 Å². The average molecular weight is 507 g/mol. The van der Waals surface area contributed by atoms with E-state index in [2.05, 4.69) is 4.98 Å². The van der Waals surface area contributed by atoms with Crippen LogP contribution in [-0.4, -0.2) is 36.4 Å². The lowest BCUT2D eigenvalue weighted by molar-refractivity contribution is -0.149. The second-order valence-corrected chi connectivity index (χ2v) is 10.1. The van der Waals surface area contributed by atoms with Crippen LogP contribution in [0, 0.1) is 5.41 Å². The Morgan fingerprint density at radius 1 is 1.00 bits per heavy atom. The number of para-hydroxylation sites is 1. The Bertz CT molecular complexity index is 1160. The molecule has 0 aliphatic heterocycles. The summed E-state index contributed by atoms with van der Waals surface area (Å²) in [5, 5.41) is 9.18. The lowest BCUT2D eigenvalue weighted by Gasteiger charge is -2.32.